The summed E-state index contributed by atoms with van der Waals surface area (Å²) in [4.78, 5) is 74.1. The summed E-state index contributed by atoms with van der Waals surface area (Å²) in [6.45, 7) is 12.8. The number of rotatable bonds is 7. The largest absolute Gasteiger partial charge is 0.508 e. The third-order valence-corrected chi connectivity index (χ3v) is 13.8. The van der Waals surface area contributed by atoms with Crippen molar-refractivity contribution >= 4 is 46.2 Å². The number of hydrazine groups is 1. The highest BCUT2D eigenvalue weighted by molar-refractivity contribution is 5.97. The summed E-state index contributed by atoms with van der Waals surface area (Å²) in [7, 11) is 5.53. The number of phenols is 1. The van der Waals surface area contributed by atoms with Crippen LogP contribution in [0.25, 0.3) is 33.3 Å². The number of anilines is 1. The molecule has 4 N–H and O–H groups in total. The van der Waals surface area contributed by atoms with E-state index >= 15 is 0 Å². The van der Waals surface area contributed by atoms with Gasteiger partial charge < -0.3 is 44.3 Å². The average Bonchev–Trinajstić information content (AvgIpc) is 3.83. The molecule has 67 heavy (non-hydrogen) atoms. The normalized spacial score (nSPS) is 22.4. The van der Waals surface area contributed by atoms with Crippen molar-refractivity contribution in [1.29, 1.82) is 0 Å². The van der Waals surface area contributed by atoms with Crippen LogP contribution in [0.15, 0.2) is 67.3 Å². The molecule has 16 nitrogen and oxygen atoms in total. The number of cyclic esters (lactones) is 1. The summed E-state index contributed by atoms with van der Waals surface area (Å²) < 4.78 is 14.4. The molecule has 2 fully saturated rings. The number of benzene rings is 3. The number of ether oxygens (including phenoxy) is 2. The number of likely N-dealkylation sites (tertiary alicyclic amines) is 1. The maximum atomic E-state index is 14.7. The van der Waals surface area contributed by atoms with Gasteiger partial charge in [0.05, 0.1) is 31.1 Å². The number of aryl methyl sites for hydroxylation is 1. The van der Waals surface area contributed by atoms with E-state index in [4.69, 9.17) is 9.47 Å². The maximum Gasteiger partial charge on any atom is 0.324 e. The van der Waals surface area contributed by atoms with Gasteiger partial charge in [0.1, 0.15) is 36.2 Å². The first kappa shape index (κ1) is 47.1. The van der Waals surface area contributed by atoms with Crippen LogP contribution in [0.3, 0.4) is 0 Å². The zero-order valence-corrected chi connectivity index (χ0v) is 39.6. The number of fused-ring (bicyclic) bond motifs is 7. The van der Waals surface area contributed by atoms with Gasteiger partial charge in [0.25, 0.3) is 11.8 Å². The van der Waals surface area contributed by atoms with E-state index < -0.39 is 64.7 Å². The highest BCUT2D eigenvalue weighted by Gasteiger charge is 2.48. The van der Waals surface area contributed by atoms with Gasteiger partial charge in [-0.05, 0) is 89.9 Å². The summed E-state index contributed by atoms with van der Waals surface area (Å²) >= 11 is 0. The highest BCUT2D eigenvalue weighted by atomic mass is 16.5. The van der Waals surface area contributed by atoms with Gasteiger partial charge in [-0.15, -0.1) is 0 Å². The van der Waals surface area contributed by atoms with Crippen molar-refractivity contribution in [3.8, 4) is 33.9 Å². The Morgan fingerprint density at radius 2 is 1.75 bits per heavy atom. The number of nitrogens with one attached hydrogen (secondary N) is 2. The monoisotopic (exact) mass is 917 g/mol. The molecule has 356 valence electrons. The molecule has 0 spiro atoms. The molecule has 4 aromatic rings. The zero-order valence-electron chi connectivity index (χ0n) is 39.6. The Bertz CT molecular complexity index is 2640. The minimum absolute atomic E-state index is 0.0212. The molecular weight excluding hydrogens is 855 g/mol. The Balaban J connectivity index is 1.18. The lowest BCUT2D eigenvalue weighted by Gasteiger charge is -2.37. The van der Waals surface area contributed by atoms with Gasteiger partial charge in [-0.3, -0.25) is 29.0 Å². The molecule has 0 radical (unpaired) electrons. The number of likely N-dealkylation sites (N-methyl/N-ethyl adjacent to an activating group) is 2. The number of aromatic nitrogens is 1. The first-order chi connectivity index (χ1) is 31.8. The molecule has 8 rings (SSSR count). The van der Waals surface area contributed by atoms with Crippen LogP contribution < -0.4 is 20.4 Å². The highest BCUT2D eigenvalue weighted by Crippen LogP contribution is 2.43. The van der Waals surface area contributed by atoms with Crippen LogP contribution in [0.2, 0.25) is 0 Å². The minimum atomic E-state index is -1.93. The first-order valence-corrected chi connectivity index (χ1v) is 23.2. The second-order valence-corrected chi connectivity index (χ2v) is 19.8. The predicted octanol–water partition coefficient (Wildman–Crippen LogP) is 4.33. The molecule has 0 saturated carbocycles. The van der Waals surface area contributed by atoms with Gasteiger partial charge in [-0.25, -0.2) is 5.43 Å². The molecule has 1 aromatic heterocycles. The molecule has 0 aliphatic carbocycles. The van der Waals surface area contributed by atoms with Gasteiger partial charge in [0.15, 0.2) is 5.60 Å². The number of carbonyl (C=O) groups excluding carboxylic acids is 5. The summed E-state index contributed by atoms with van der Waals surface area (Å²) in [5.41, 5.74) is 7.75. The standard InChI is InChI=1S/C51H63N7O9/c1-9-43(60)57-18-16-51(65,28-57)49(64)56(8)44(30(2)3)46(61)52-39-23-31-21-34(24-35(59)22-31)32-12-14-40-36(25-32)37(45(55(40)7)33-13-15-41-42(26-33)66-20-19-54(41)6)27-50(4,5)29-67-48(63)38-11-10-17-58(53-38)47(39)62/h9,12-15,21-22,24-26,30,38-39,44,53,59,65H,1,10-11,16-20,23,27-29H2,2-8H3,(H,52,61)/t38-,39-,44-,51+/m0/s1. The first-order valence-electron chi connectivity index (χ1n) is 23.2. The van der Waals surface area contributed by atoms with Gasteiger partial charge >= 0.3 is 5.97 Å². The molecule has 6 bridgehead atoms. The topological polar surface area (TPSA) is 186 Å². The van der Waals surface area contributed by atoms with Crippen LogP contribution in [0.4, 0.5) is 5.69 Å². The number of esters is 1. The van der Waals surface area contributed by atoms with Crippen LogP contribution in [0.1, 0.15) is 58.1 Å². The molecular formula is C51H63N7O9. The Morgan fingerprint density at radius 3 is 2.49 bits per heavy atom. The second kappa shape index (κ2) is 18.4. The number of carbonyl (C=O) groups is 5. The zero-order chi connectivity index (χ0) is 48.1. The van der Waals surface area contributed by atoms with Gasteiger partial charge in [0, 0.05) is 69.0 Å². The number of phenolic OH excluding ortho intramolecular Hbond substituents is 1. The SMILES string of the molecule is C=CC(=O)N1CC[C@](O)(C(=O)N(C)[C@H](C(=O)N[C@H]2Cc3cc(O)cc(c3)-c3ccc4c(c3)c(c(-c3ccc5c(c3)OCCN5C)n4C)CC(C)(C)COC(=O)[C@@H]3CCCN(N3)C2=O)C(C)C)C1. The molecule has 4 atom stereocenters. The molecule has 3 aromatic carbocycles. The quantitative estimate of drug-likeness (QED) is 0.153. The van der Waals surface area contributed by atoms with Crippen LogP contribution >= 0.6 is 0 Å². The number of β-amino-alcohol motifs (C(OH)–C–C–N with tert-alkyl or cyclic N) is 1. The lowest BCUT2D eigenvalue weighted by atomic mass is 9.84. The van der Waals surface area contributed by atoms with Crippen molar-refractivity contribution in [3.05, 3.63) is 78.4 Å². The van der Waals surface area contributed by atoms with Crippen molar-refractivity contribution in [2.45, 2.75) is 83.5 Å². The molecule has 16 heteroatoms. The fraction of sp³-hybridized carbons (Fsp3) is 0.471. The van der Waals surface area contributed by atoms with E-state index in [1.54, 1.807) is 26.0 Å². The van der Waals surface area contributed by atoms with Crippen LogP contribution in [0.5, 0.6) is 11.5 Å². The summed E-state index contributed by atoms with van der Waals surface area (Å²) in [5.74, 6) is -2.51. The summed E-state index contributed by atoms with van der Waals surface area (Å²) in [5, 5.41) is 28.0. The van der Waals surface area contributed by atoms with E-state index in [0.717, 1.165) is 57.3 Å². The van der Waals surface area contributed by atoms with E-state index in [2.05, 4.69) is 78.0 Å². The molecule has 5 heterocycles. The number of hydrogen-bond donors (Lipinski definition) is 4. The number of amides is 4. The van der Waals surface area contributed by atoms with Crippen LogP contribution in [-0.4, -0.2) is 136 Å². The third-order valence-electron chi connectivity index (χ3n) is 13.8. The van der Waals surface area contributed by atoms with Crippen molar-refractivity contribution in [2.24, 2.45) is 18.4 Å². The molecule has 4 amide bonds. The number of hydrogen-bond acceptors (Lipinski definition) is 11. The summed E-state index contributed by atoms with van der Waals surface area (Å²) in [6.07, 6.45) is 2.49. The van der Waals surface area contributed by atoms with Crippen molar-refractivity contribution < 1.29 is 43.7 Å². The van der Waals surface area contributed by atoms with Crippen LogP contribution in [-0.2, 0) is 48.6 Å². The van der Waals surface area contributed by atoms with Gasteiger partial charge in [-0.1, -0.05) is 52.5 Å². The van der Waals surface area contributed by atoms with E-state index in [0.29, 0.717) is 37.0 Å². The van der Waals surface area contributed by atoms with E-state index in [9.17, 15) is 34.2 Å². The molecule has 4 aliphatic rings. The Morgan fingerprint density at radius 1 is 0.985 bits per heavy atom. The Labute approximate surface area is 391 Å². The van der Waals surface area contributed by atoms with Gasteiger partial charge in [-0.2, -0.15) is 0 Å². The fourth-order valence-corrected chi connectivity index (χ4v) is 10.3. The lowest BCUT2D eigenvalue weighted by Crippen LogP contribution is -2.63. The summed E-state index contributed by atoms with van der Waals surface area (Å²) in [6, 6.07) is 14.4. The average molecular weight is 918 g/mol. The fourth-order valence-electron chi connectivity index (χ4n) is 10.3. The number of aliphatic hydroxyl groups is 1. The smallest absolute Gasteiger partial charge is 0.324 e. The molecule has 2 saturated heterocycles. The van der Waals surface area contributed by atoms with E-state index in [1.807, 2.05) is 19.2 Å². The maximum absolute atomic E-state index is 14.7. The second-order valence-electron chi connectivity index (χ2n) is 19.8. The predicted molar refractivity (Wildman–Crippen MR) is 254 cm³/mol. The Hall–Kier alpha value is -6.39. The van der Waals surface area contributed by atoms with Crippen molar-refractivity contribution in [2.75, 3.05) is 58.4 Å². The van der Waals surface area contributed by atoms with E-state index in [1.165, 1.54) is 21.9 Å². The third kappa shape index (κ3) is 9.33. The van der Waals surface area contributed by atoms with Crippen molar-refractivity contribution in [1.82, 2.24) is 30.1 Å². The molecule has 0 unspecified atom stereocenters. The minimum Gasteiger partial charge on any atom is -0.508 e. The number of nitrogens with zero attached hydrogens (tertiary/aromatic N) is 5. The van der Waals surface area contributed by atoms with Gasteiger partial charge in [0.2, 0.25) is 11.8 Å². The van der Waals surface area contributed by atoms with E-state index in [-0.39, 0.29) is 44.8 Å². The van der Waals surface area contributed by atoms with Crippen molar-refractivity contribution in [3.63, 3.8) is 0 Å². The van der Waals surface area contributed by atoms with Crippen LogP contribution in [0, 0.1) is 11.3 Å². The lowest BCUT2D eigenvalue weighted by molar-refractivity contribution is -0.156. The number of aromatic hydroxyl groups is 1. The Kier molecular flexibility index (Phi) is 12.9. The molecule has 4 aliphatic heterocycles.